The molecule has 0 spiro atoms. The van der Waals surface area contributed by atoms with E-state index in [1.165, 1.54) is 0 Å². The largest absolute Gasteiger partial charge is 0.465 e. The molecule has 0 aliphatic carbocycles. The summed E-state index contributed by atoms with van der Waals surface area (Å²) in [6.07, 6.45) is -0.351. The fraction of sp³-hybridized carbons (Fsp3) is 0.857. The maximum atomic E-state index is 12.3. The summed E-state index contributed by atoms with van der Waals surface area (Å²) < 4.78 is 10.6. The molecule has 0 aromatic carbocycles. The number of nitrogens with one attached hydrogen (secondary N) is 1. The number of carbonyl (C=O) groups is 2. The third kappa shape index (κ3) is 2.75. The molecular weight excluding hydrogens is 260 g/mol. The van der Waals surface area contributed by atoms with Crippen molar-refractivity contribution in [3.05, 3.63) is 0 Å². The minimum absolute atomic E-state index is 0.106. The normalized spacial score (nSPS) is 29.2. The summed E-state index contributed by atoms with van der Waals surface area (Å²) in [5.41, 5.74) is -1.13. The second-order valence-electron chi connectivity index (χ2n) is 6.57. The zero-order valence-corrected chi connectivity index (χ0v) is 12.7. The Kier molecular flexibility index (Phi) is 3.95. The molecule has 2 atom stereocenters. The number of amides is 1. The SMILES string of the molecule is CCOC(=O)[C@@]12CNC[C@H]1CN(C(=O)OC(C)(C)C)C2. The van der Waals surface area contributed by atoms with Gasteiger partial charge >= 0.3 is 12.1 Å². The molecule has 2 aliphatic heterocycles. The molecule has 6 heteroatoms. The van der Waals surface area contributed by atoms with Crippen LogP contribution in [0.1, 0.15) is 27.7 Å². The molecule has 0 saturated carbocycles. The lowest BCUT2D eigenvalue weighted by atomic mass is 9.81. The van der Waals surface area contributed by atoms with Gasteiger partial charge in [0, 0.05) is 32.1 Å². The van der Waals surface area contributed by atoms with Gasteiger partial charge in [0.25, 0.3) is 0 Å². The van der Waals surface area contributed by atoms with Crippen LogP contribution in [0, 0.1) is 11.3 Å². The standard InChI is InChI=1S/C14H24N2O4/c1-5-19-11(17)14-8-15-6-10(14)7-16(9-14)12(18)20-13(2,3)4/h10,15H,5-9H2,1-4H3/t10-,14+/m0/s1. The Labute approximate surface area is 119 Å². The number of esters is 1. The van der Waals surface area contributed by atoms with E-state index in [0.717, 1.165) is 6.54 Å². The number of nitrogens with zero attached hydrogens (tertiary/aromatic N) is 1. The van der Waals surface area contributed by atoms with Crippen LogP contribution in [-0.4, -0.2) is 55.3 Å². The van der Waals surface area contributed by atoms with E-state index in [1.54, 1.807) is 11.8 Å². The van der Waals surface area contributed by atoms with Gasteiger partial charge in [-0.15, -0.1) is 0 Å². The number of hydrogen-bond acceptors (Lipinski definition) is 5. The van der Waals surface area contributed by atoms with Crippen LogP contribution in [0.5, 0.6) is 0 Å². The third-order valence-corrected chi connectivity index (χ3v) is 3.86. The number of ether oxygens (including phenoxy) is 2. The fourth-order valence-corrected chi connectivity index (χ4v) is 2.95. The van der Waals surface area contributed by atoms with Gasteiger partial charge in [0.15, 0.2) is 0 Å². The molecule has 2 aliphatic rings. The second kappa shape index (κ2) is 5.24. The zero-order valence-electron chi connectivity index (χ0n) is 12.7. The quantitative estimate of drug-likeness (QED) is 0.766. The molecule has 2 saturated heterocycles. The van der Waals surface area contributed by atoms with E-state index in [9.17, 15) is 9.59 Å². The summed E-state index contributed by atoms with van der Waals surface area (Å²) in [5.74, 6) is -0.102. The van der Waals surface area contributed by atoms with Crippen LogP contribution in [0.2, 0.25) is 0 Å². The average molecular weight is 284 g/mol. The second-order valence-corrected chi connectivity index (χ2v) is 6.57. The van der Waals surface area contributed by atoms with Gasteiger partial charge < -0.3 is 19.7 Å². The van der Waals surface area contributed by atoms with Gasteiger partial charge in [0.1, 0.15) is 11.0 Å². The van der Waals surface area contributed by atoms with Gasteiger partial charge in [-0.3, -0.25) is 4.79 Å². The molecule has 2 fully saturated rings. The van der Waals surface area contributed by atoms with Crippen LogP contribution < -0.4 is 5.32 Å². The predicted molar refractivity (Wildman–Crippen MR) is 73.2 cm³/mol. The van der Waals surface area contributed by atoms with Crippen LogP contribution >= 0.6 is 0 Å². The summed E-state index contributed by atoms with van der Waals surface area (Å²) >= 11 is 0. The van der Waals surface area contributed by atoms with E-state index in [1.807, 2.05) is 20.8 Å². The summed E-state index contributed by atoms with van der Waals surface area (Å²) in [4.78, 5) is 26.0. The first-order valence-corrected chi connectivity index (χ1v) is 7.14. The van der Waals surface area contributed by atoms with Gasteiger partial charge in [-0.25, -0.2) is 4.79 Å². The van der Waals surface area contributed by atoms with E-state index in [-0.39, 0.29) is 18.0 Å². The summed E-state index contributed by atoms with van der Waals surface area (Å²) in [7, 11) is 0. The molecule has 0 aromatic heterocycles. The molecule has 0 unspecified atom stereocenters. The predicted octanol–water partition coefficient (Wildman–Crippen LogP) is 1.01. The van der Waals surface area contributed by atoms with Crippen molar-refractivity contribution in [3.63, 3.8) is 0 Å². The Balaban J connectivity index is 2.08. The summed E-state index contributed by atoms with van der Waals surface area (Å²) in [5, 5.41) is 3.23. The molecule has 0 bridgehead atoms. The number of rotatable bonds is 2. The van der Waals surface area contributed by atoms with E-state index in [4.69, 9.17) is 9.47 Å². The highest BCUT2D eigenvalue weighted by Crippen LogP contribution is 2.40. The number of carbonyl (C=O) groups excluding carboxylic acids is 2. The van der Waals surface area contributed by atoms with E-state index in [0.29, 0.717) is 26.2 Å². The summed E-state index contributed by atoms with van der Waals surface area (Å²) in [6, 6.07) is 0. The number of hydrogen-bond donors (Lipinski definition) is 1. The lowest BCUT2D eigenvalue weighted by Crippen LogP contribution is -2.43. The fourth-order valence-electron chi connectivity index (χ4n) is 2.95. The van der Waals surface area contributed by atoms with Gasteiger partial charge in [-0.2, -0.15) is 0 Å². The van der Waals surface area contributed by atoms with Crippen molar-refractivity contribution >= 4 is 12.1 Å². The monoisotopic (exact) mass is 284 g/mol. The zero-order chi connectivity index (χ0) is 15.0. The lowest BCUT2D eigenvalue weighted by Gasteiger charge is -2.27. The number of fused-ring (bicyclic) bond motifs is 1. The Morgan fingerprint density at radius 3 is 2.70 bits per heavy atom. The van der Waals surface area contributed by atoms with Crippen molar-refractivity contribution in [3.8, 4) is 0 Å². The molecule has 1 amide bonds. The Morgan fingerprint density at radius 1 is 1.40 bits per heavy atom. The maximum absolute atomic E-state index is 12.3. The molecule has 0 radical (unpaired) electrons. The van der Waals surface area contributed by atoms with Crippen molar-refractivity contribution in [2.24, 2.45) is 11.3 Å². The first-order valence-electron chi connectivity index (χ1n) is 7.14. The summed E-state index contributed by atoms with van der Waals surface area (Å²) in [6.45, 7) is 9.89. The van der Waals surface area contributed by atoms with E-state index >= 15 is 0 Å². The van der Waals surface area contributed by atoms with Crippen molar-refractivity contribution in [1.82, 2.24) is 10.2 Å². The molecule has 114 valence electrons. The van der Waals surface area contributed by atoms with Gasteiger partial charge in [-0.05, 0) is 27.7 Å². The molecular formula is C14H24N2O4. The Hall–Kier alpha value is -1.30. The highest BCUT2D eigenvalue weighted by atomic mass is 16.6. The van der Waals surface area contributed by atoms with Gasteiger partial charge in [-0.1, -0.05) is 0 Å². The molecule has 20 heavy (non-hydrogen) atoms. The van der Waals surface area contributed by atoms with Crippen molar-refractivity contribution < 1.29 is 19.1 Å². The van der Waals surface area contributed by atoms with E-state index in [2.05, 4.69) is 5.32 Å². The minimum Gasteiger partial charge on any atom is -0.465 e. The maximum Gasteiger partial charge on any atom is 0.410 e. The van der Waals surface area contributed by atoms with Crippen LogP contribution in [0.15, 0.2) is 0 Å². The van der Waals surface area contributed by atoms with Gasteiger partial charge in [0.2, 0.25) is 0 Å². The average Bonchev–Trinajstić information content (AvgIpc) is 2.83. The molecule has 0 aromatic rings. The van der Waals surface area contributed by atoms with Gasteiger partial charge in [0.05, 0.1) is 6.61 Å². The molecule has 2 heterocycles. The van der Waals surface area contributed by atoms with Crippen molar-refractivity contribution in [2.45, 2.75) is 33.3 Å². The molecule has 6 nitrogen and oxygen atoms in total. The first-order chi connectivity index (χ1) is 9.28. The van der Waals surface area contributed by atoms with Crippen molar-refractivity contribution in [2.75, 3.05) is 32.8 Å². The number of likely N-dealkylation sites (tertiary alicyclic amines) is 1. The van der Waals surface area contributed by atoms with Crippen LogP contribution in [0.4, 0.5) is 4.79 Å². The van der Waals surface area contributed by atoms with Crippen LogP contribution in [-0.2, 0) is 14.3 Å². The van der Waals surface area contributed by atoms with Crippen molar-refractivity contribution in [1.29, 1.82) is 0 Å². The Bertz CT molecular complexity index is 404. The Morgan fingerprint density at radius 2 is 2.10 bits per heavy atom. The lowest BCUT2D eigenvalue weighted by molar-refractivity contribution is -0.155. The van der Waals surface area contributed by atoms with Crippen LogP contribution in [0.3, 0.4) is 0 Å². The van der Waals surface area contributed by atoms with E-state index < -0.39 is 11.0 Å². The minimum atomic E-state index is -0.604. The highest BCUT2D eigenvalue weighted by molar-refractivity contribution is 5.81. The molecule has 1 N–H and O–H groups in total. The first kappa shape index (κ1) is 15.1. The topological polar surface area (TPSA) is 67.9 Å². The highest BCUT2D eigenvalue weighted by Gasteiger charge is 2.57. The van der Waals surface area contributed by atoms with Crippen LogP contribution in [0.25, 0.3) is 0 Å². The molecule has 2 rings (SSSR count). The smallest absolute Gasteiger partial charge is 0.410 e. The third-order valence-electron chi connectivity index (χ3n) is 3.86.